The first-order valence-electron chi connectivity index (χ1n) is 8.30. The van der Waals surface area contributed by atoms with Crippen LogP contribution in [0.1, 0.15) is 23.7 Å². The summed E-state index contributed by atoms with van der Waals surface area (Å²) in [5, 5.41) is 10.8. The molecule has 0 aliphatic carbocycles. The zero-order valence-electron chi connectivity index (χ0n) is 15.5. The van der Waals surface area contributed by atoms with Gasteiger partial charge in [-0.05, 0) is 30.8 Å². The van der Waals surface area contributed by atoms with E-state index in [2.05, 4.69) is 63.9 Å². The van der Waals surface area contributed by atoms with Gasteiger partial charge in [0.15, 0.2) is 5.96 Å². The van der Waals surface area contributed by atoms with Gasteiger partial charge in [-0.1, -0.05) is 31.2 Å². The Morgan fingerprint density at radius 2 is 1.92 bits per heavy atom. The van der Waals surface area contributed by atoms with Crippen LogP contribution in [0.25, 0.3) is 0 Å². The Morgan fingerprint density at radius 3 is 2.56 bits per heavy atom. The lowest BCUT2D eigenvalue weighted by Gasteiger charge is -2.15. The third-order valence-electron chi connectivity index (χ3n) is 4.03. The van der Waals surface area contributed by atoms with Gasteiger partial charge in [-0.2, -0.15) is 5.10 Å². The maximum Gasteiger partial charge on any atom is 0.191 e. The van der Waals surface area contributed by atoms with E-state index in [9.17, 15) is 0 Å². The van der Waals surface area contributed by atoms with Crippen LogP contribution in [0.3, 0.4) is 0 Å². The van der Waals surface area contributed by atoms with E-state index in [1.807, 2.05) is 17.8 Å². The quantitative estimate of drug-likeness (QED) is 0.382. The number of aliphatic imine (C=N–C) groups is 1. The number of hydrogen-bond acceptors (Lipinski definition) is 3. The molecule has 7 heteroatoms. The van der Waals surface area contributed by atoms with Crippen molar-refractivity contribution >= 4 is 29.9 Å². The van der Waals surface area contributed by atoms with Gasteiger partial charge in [0.2, 0.25) is 0 Å². The maximum absolute atomic E-state index is 4.27. The molecule has 0 spiro atoms. The predicted octanol–water partition coefficient (Wildman–Crippen LogP) is 2.36. The van der Waals surface area contributed by atoms with Crippen molar-refractivity contribution < 1.29 is 0 Å². The minimum atomic E-state index is 0. The van der Waals surface area contributed by atoms with Crippen molar-refractivity contribution in [2.75, 3.05) is 20.6 Å². The van der Waals surface area contributed by atoms with Gasteiger partial charge in [0.05, 0.1) is 12.2 Å². The summed E-state index contributed by atoms with van der Waals surface area (Å²) in [7, 11) is 5.85. The van der Waals surface area contributed by atoms with E-state index in [1.165, 1.54) is 11.1 Å². The molecule has 0 aliphatic rings. The molecular weight excluding hydrogens is 427 g/mol. The van der Waals surface area contributed by atoms with Crippen LogP contribution in [0.15, 0.2) is 41.5 Å². The molecule has 1 aromatic heterocycles. The highest BCUT2D eigenvalue weighted by Gasteiger charge is 2.03. The molecule has 2 N–H and O–H groups in total. The summed E-state index contributed by atoms with van der Waals surface area (Å²) in [6, 6.07) is 10.7. The number of nitrogens with zero attached hydrogens (tertiary/aromatic N) is 4. The van der Waals surface area contributed by atoms with Crippen LogP contribution in [0.5, 0.6) is 0 Å². The molecule has 0 saturated heterocycles. The van der Waals surface area contributed by atoms with Gasteiger partial charge in [-0.3, -0.25) is 9.67 Å². The fourth-order valence-corrected chi connectivity index (χ4v) is 2.42. The highest BCUT2D eigenvalue weighted by Crippen LogP contribution is 2.07. The number of nitrogens with one attached hydrogen (secondary N) is 2. The van der Waals surface area contributed by atoms with Crippen LogP contribution in [0.2, 0.25) is 0 Å². The van der Waals surface area contributed by atoms with Crippen LogP contribution in [-0.4, -0.2) is 41.3 Å². The van der Waals surface area contributed by atoms with Crippen molar-refractivity contribution in [1.29, 1.82) is 0 Å². The SMILES string of the molecule is CCN(C)Cc1cccc(CNC(=NC)NCc2ccnn2C)c1.I. The molecule has 0 amide bonds. The summed E-state index contributed by atoms with van der Waals surface area (Å²) in [6.45, 7) is 5.63. The third-order valence-corrected chi connectivity index (χ3v) is 4.03. The van der Waals surface area contributed by atoms with Crippen molar-refractivity contribution in [3.05, 3.63) is 53.3 Å². The van der Waals surface area contributed by atoms with Crippen LogP contribution in [-0.2, 0) is 26.7 Å². The fourth-order valence-electron chi connectivity index (χ4n) is 2.42. The van der Waals surface area contributed by atoms with Crippen LogP contribution in [0, 0.1) is 0 Å². The smallest absolute Gasteiger partial charge is 0.191 e. The number of aryl methyl sites for hydroxylation is 1. The van der Waals surface area contributed by atoms with Crippen molar-refractivity contribution in [1.82, 2.24) is 25.3 Å². The zero-order valence-corrected chi connectivity index (χ0v) is 17.8. The Bertz CT molecular complexity index is 667. The molecule has 0 saturated carbocycles. The van der Waals surface area contributed by atoms with Crippen LogP contribution in [0.4, 0.5) is 0 Å². The van der Waals surface area contributed by atoms with Gasteiger partial charge in [-0.25, -0.2) is 0 Å². The average Bonchev–Trinajstić information content (AvgIpc) is 3.00. The zero-order chi connectivity index (χ0) is 17.4. The van der Waals surface area contributed by atoms with E-state index < -0.39 is 0 Å². The number of halogens is 1. The molecule has 0 aliphatic heterocycles. The molecule has 6 nitrogen and oxygen atoms in total. The standard InChI is InChI=1S/C18H28N6.HI/c1-5-23(3)14-16-8-6-7-15(11-16)12-20-18(19-2)21-13-17-9-10-22-24(17)4;/h6-11H,5,12-14H2,1-4H3,(H2,19,20,21);1H. The molecule has 25 heavy (non-hydrogen) atoms. The highest BCUT2D eigenvalue weighted by atomic mass is 127. The van der Waals surface area contributed by atoms with Crippen LogP contribution < -0.4 is 10.6 Å². The van der Waals surface area contributed by atoms with Gasteiger partial charge in [0.25, 0.3) is 0 Å². The van der Waals surface area contributed by atoms with E-state index in [0.29, 0.717) is 6.54 Å². The number of rotatable bonds is 7. The Kier molecular flexibility index (Phi) is 9.51. The molecule has 2 rings (SSSR count). The van der Waals surface area contributed by atoms with Gasteiger partial charge < -0.3 is 15.5 Å². The third kappa shape index (κ3) is 7.03. The van der Waals surface area contributed by atoms with Crippen molar-refractivity contribution in [2.45, 2.75) is 26.6 Å². The van der Waals surface area contributed by atoms with E-state index >= 15 is 0 Å². The van der Waals surface area contributed by atoms with Crippen molar-refractivity contribution in [3.63, 3.8) is 0 Å². The molecule has 0 unspecified atom stereocenters. The second-order valence-electron chi connectivity index (χ2n) is 5.88. The highest BCUT2D eigenvalue weighted by molar-refractivity contribution is 14.0. The minimum absolute atomic E-state index is 0. The monoisotopic (exact) mass is 456 g/mol. The first kappa shape index (κ1) is 21.4. The van der Waals surface area contributed by atoms with Gasteiger partial charge >= 0.3 is 0 Å². The number of benzene rings is 1. The normalized spacial score (nSPS) is 11.3. The summed E-state index contributed by atoms with van der Waals surface area (Å²) < 4.78 is 1.86. The van der Waals surface area contributed by atoms with Gasteiger partial charge in [0, 0.05) is 33.4 Å². The lowest BCUT2D eigenvalue weighted by molar-refractivity contribution is 0.345. The van der Waals surface area contributed by atoms with E-state index in [4.69, 9.17) is 0 Å². The first-order valence-corrected chi connectivity index (χ1v) is 8.30. The molecule has 0 fully saturated rings. The van der Waals surface area contributed by atoms with Gasteiger partial charge in [-0.15, -0.1) is 24.0 Å². The maximum atomic E-state index is 4.27. The van der Waals surface area contributed by atoms with Gasteiger partial charge in [0.1, 0.15) is 0 Å². The summed E-state index contributed by atoms with van der Waals surface area (Å²) in [6.07, 6.45) is 1.80. The molecule has 1 aromatic carbocycles. The second-order valence-corrected chi connectivity index (χ2v) is 5.88. The number of hydrogen-bond donors (Lipinski definition) is 2. The molecule has 0 atom stereocenters. The molecule has 0 radical (unpaired) electrons. The summed E-state index contributed by atoms with van der Waals surface area (Å²) >= 11 is 0. The number of guanidine groups is 1. The Balaban J connectivity index is 0.00000312. The topological polar surface area (TPSA) is 57.5 Å². The lowest BCUT2D eigenvalue weighted by Crippen LogP contribution is -2.36. The summed E-state index contributed by atoms with van der Waals surface area (Å²) in [5.41, 5.74) is 3.69. The molecule has 0 bridgehead atoms. The van der Waals surface area contributed by atoms with E-state index in [1.54, 1.807) is 13.2 Å². The van der Waals surface area contributed by atoms with E-state index in [-0.39, 0.29) is 24.0 Å². The lowest BCUT2D eigenvalue weighted by atomic mass is 10.1. The molecule has 1 heterocycles. The molecule has 138 valence electrons. The first-order chi connectivity index (χ1) is 11.6. The Morgan fingerprint density at radius 1 is 1.20 bits per heavy atom. The minimum Gasteiger partial charge on any atom is -0.352 e. The van der Waals surface area contributed by atoms with Crippen LogP contribution >= 0.6 is 24.0 Å². The molecular formula is C18H29IN6. The fraction of sp³-hybridized carbons (Fsp3) is 0.444. The second kappa shape index (κ2) is 11.1. The Hall–Kier alpha value is -1.61. The van der Waals surface area contributed by atoms with Crippen molar-refractivity contribution in [2.24, 2.45) is 12.0 Å². The summed E-state index contributed by atoms with van der Waals surface area (Å²) in [5.74, 6) is 0.785. The molecule has 2 aromatic rings. The van der Waals surface area contributed by atoms with Crippen molar-refractivity contribution in [3.8, 4) is 0 Å². The largest absolute Gasteiger partial charge is 0.352 e. The Labute approximate surface area is 167 Å². The summed E-state index contributed by atoms with van der Waals surface area (Å²) in [4.78, 5) is 6.57. The predicted molar refractivity (Wildman–Crippen MR) is 114 cm³/mol. The van der Waals surface area contributed by atoms with E-state index in [0.717, 1.165) is 31.3 Å². The number of aromatic nitrogens is 2. The average molecular weight is 456 g/mol.